The van der Waals surface area contributed by atoms with Gasteiger partial charge in [-0.1, -0.05) is 18.2 Å². The first-order valence-electron chi connectivity index (χ1n) is 6.06. The van der Waals surface area contributed by atoms with E-state index in [9.17, 15) is 4.39 Å². The third-order valence-electron chi connectivity index (χ3n) is 2.46. The summed E-state index contributed by atoms with van der Waals surface area (Å²) in [5, 5.41) is 6.27. The SMILES string of the molecule is C=CCNC(=NC)NCCCc1cccc(F)c1. The Kier molecular flexibility index (Phi) is 6.54. The maximum Gasteiger partial charge on any atom is 0.191 e. The fourth-order valence-corrected chi connectivity index (χ4v) is 1.58. The van der Waals surface area contributed by atoms with Crippen LogP contribution in [0.5, 0.6) is 0 Å². The van der Waals surface area contributed by atoms with Crippen molar-refractivity contribution in [3.63, 3.8) is 0 Å². The van der Waals surface area contributed by atoms with Gasteiger partial charge in [0.1, 0.15) is 5.82 Å². The Balaban J connectivity index is 2.23. The van der Waals surface area contributed by atoms with Gasteiger partial charge < -0.3 is 10.6 Å². The lowest BCUT2D eigenvalue weighted by Gasteiger charge is -2.10. The van der Waals surface area contributed by atoms with Crippen LogP contribution in [0.1, 0.15) is 12.0 Å². The van der Waals surface area contributed by atoms with E-state index in [1.807, 2.05) is 6.07 Å². The van der Waals surface area contributed by atoms with E-state index in [4.69, 9.17) is 0 Å². The standard InChI is InChI=1S/C14H20FN3/c1-3-9-17-14(16-2)18-10-5-7-12-6-4-8-13(15)11-12/h3-4,6,8,11H,1,5,7,9-10H2,2H3,(H2,16,17,18). The number of rotatable bonds is 6. The fraction of sp³-hybridized carbons (Fsp3) is 0.357. The lowest BCUT2D eigenvalue weighted by Crippen LogP contribution is -2.37. The van der Waals surface area contributed by atoms with Gasteiger partial charge in [-0.25, -0.2) is 4.39 Å². The summed E-state index contributed by atoms with van der Waals surface area (Å²) in [5.74, 6) is 0.582. The van der Waals surface area contributed by atoms with Gasteiger partial charge in [0.05, 0.1) is 0 Å². The average Bonchev–Trinajstić information content (AvgIpc) is 2.38. The molecule has 1 rings (SSSR count). The molecule has 0 bridgehead atoms. The highest BCUT2D eigenvalue weighted by Crippen LogP contribution is 2.05. The first kappa shape index (κ1) is 14.2. The summed E-state index contributed by atoms with van der Waals surface area (Å²) in [7, 11) is 1.73. The second kappa shape index (κ2) is 8.28. The predicted octanol–water partition coefficient (Wildman–Crippen LogP) is 2.11. The summed E-state index contributed by atoms with van der Waals surface area (Å²) in [5.41, 5.74) is 1.02. The molecular formula is C14H20FN3. The number of nitrogens with zero attached hydrogens (tertiary/aromatic N) is 1. The monoisotopic (exact) mass is 249 g/mol. The summed E-state index contributed by atoms with van der Waals surface area (Å²) in [6.45, 7) is 5.11. The largest absolute Gasteiger partial charge is 0.356 e. The van der Waals surface area contributed by atoms with Crippen molar-refractivity contribution >= 4 is 5.96 Å². The smallest absolute Gasteiger partial charge is 0.191 e. The number of aliphatic imine (C=N–C) groups is 1. The minimum absolute atomic E-state index is 0.177. The Morgan fingerprint density at radius 1 is 1.44 bits per heavy atom. The average molecular weight is 249 g/mol. The van der Waals surface area contributed by atoms with Gasteiger partial charge in [0.2, 0.25) is 0 Å². The highest BCUT2D eigenvalue weighted by molar-refractivity contribution is 5.79. The van der Waals surface area contributed by atoms with Crippen molar-refractivity contribution in [2.75, 3.05) is 20.1 Å². The van der Waals surface area contributed by atoms with E-state index in [0.717, 1.165) is 30.9 Å². The maximum atomic E-state index is 12.9. The van der Waals surface area contributed by atoms with E-state index in [1.54, 1.807) is 25.3 Å². The molecule has 0 heterocycles. The number of aryl methyl sites for hydroxylation is 1. The van der Waals surface area contributed by atoms with E-state index in [2.05, 4.69) is 22.2 Å². The lowest BCUT2D eigenvalue weighted by atomic mass is 10.1. The van der Waals surface area contributed by atoms with Gasteiger partial charge in [0.25, 0.3) is 0 Å². The van der Waals surface area contributed by atoms with Crippen molar-refractivity contribution in [2.45, 2.75) is 12.8 Å². The molecule has 0 atom stereocenters. The molecule has 2 N–H and O–H groups in total. The van der Waals surface area contributed by atoms with Crippen LogP contribution in [0.15, 0.2) is 41.9 Å². The topological polar surface area (TPSA) is 36.4 Å². The lowest BCUT2D eigenvalue weighted by molar-refractivity contribution is 0.624. The molecule has 98 valence electrons. The van der Waals surface area contributed by atoms with E-state index in [-0.39, 0.29) is 5.82 Å². The molecule has 0 aliphatic heterocycles. The van der Waals surface area contributed by atoms with Gasteiger partial charge >= 0.3 is 0 Å². The van der Waals surface area contributed by atoms with Crippen LogP contribution in [0.2, 0.25) is 0 Å². The first-order valence-corrected chi connectivity index (χ1v) is 6.06. The number of benzene rings is 1. The second-order valence-electron chi connectivity index (χ2n) is 3.90. The normalized spacial score (nSPS) is 11.1. The Morgan fingerprint density at radius 3 is 2.94 bits per heavy atom. The molecule has 18 heavy (non-hydrogen) atoms. The second-order valence-corrected chi connectivity index (χ2v) is 3.90. The molecule has 0 aliphatic rings. The summed E-state index contributed by atoms with van der Waals surface area (Å²) in [6, 6.07) is 6.71. The minimum atomic E-state index is -0.177. The van der Waals surface area contributed by atoms with Crippen LogP contribution in [0, 0.1) is 5.82 Å². The van der Waals surface area contributed by atoms with Gasteiger partial charge in [-0.3, -0.25) is 4.99 Å². The molecule has 0 aliphatic carbocycles. The molecule has 1 aromatic rings. The van der Waals surface area contributed by atoms with Crippen molar-refractivity contribution in [3.05, 3.63) is 48.3 Å². The van der Waals surface area contributed by atoms with Crippen LogP contribution < -0.4 is 10.6 Å². The zero-order valence-electron chi connectivity index (χ0n) is 10.7. The molecule has 4 heteroatoms. The van der Waals surface area contributed by atoms with E-state index in [1.165, 1.54) is 6.07 Å². The molecule has 0 radical (unpaired) electrons. The fourth-order valence-electron chi connectivity index (χ4n) is 1.58. The Bertz CT molecular complexity index is 402. The zero-order valence-corrected chi connectivity index (χ0v) is 10.7. The van der Waals surface area contributed by atoms with Crippen LogP contribution in [-0.2, 0) is 6.42 Å². The Morgan fingerprint density at radius 2 is 2.28 bits per heavy atom. The van der Waals surface area contributed by atoms with Crippen LogP contribution in [0.3, 0.4) is 0 Å². The van der Waals surface area contributed by atoms with Crippen LogP contribution in [0.4, 0.5) is 4.39 Å². The molecule has 0 amide bonds. The third kappa shape index (κ3) is 5.48. The molecule has 3 nitrogen and oxygen atoms in total. The molecular weight excluding hydrogens is 229 g/mol. The third-order valence-corrected chi connectivity index (χ3v) is 2.46. The van der Waals surface area contributed by atoms with Gasteiger partial charge in [0, 0.05) is 20.1 Å². The number of hydrogen-bond donors (Lipinski definition) is 2. The molecule has 0 fully saturated rings. The summed E-state index contributed by atoms with van der Waals surface area (Å²) >= 11 is 0. The van der Waals surface area contributed by atoms with Gasteiger partial charge in [-0.15, -0.1) is 6.58 Å². The Labute approximate surface area is 108 Å². The van der Waals surface area contributed by atoms with Gasteiger partial charge in [-0.2, -0.15) is 0 Å². The van der Waals surface area contributed by atoms with Crippen LogP contribution >= 0.6 is 0 Å². The molecule has 1 aromatic carbocycles. The quantitative estimate of drug-likeness (QED) is 0.350. The predicted molar refractivity (Wildman–Crippen MR) is 74.3 cm³/mol. The number of guanidine groups is 1. The molecule has 0 aromatic heterocycles. The van der Waals surface area contributed by atoms with Crippen LogP contribution in [0.25, 0.3) is 0 Å². The highest BCUT2D eigenvalue weighted by atomic mass is 19.1. The number of halogens is 1. The van der Waals surface area contributed by atoms with Crippen molar-refractivity contribution < 1.29 is 4.39 Å². The van der Waals surface area contributed by atoms with E-state index >= 15 is 0 Å². The molecule has 0 saturated heterocycles. The molecule has 0 unspecified atom stereocenters. The first-order chi connectivity index (χ1) is 8.76. The summed E-state index contributed by atoms with van der Waals surface area (Å²) in [4.78, 5) is 4.07. The number of nitrogens with one attached hydrogen (secondary N) is 2. The van der Waals surface area contributed by atoms with E-state index < -0.39 is 0 Å². The molecule has 0 saturated carbocycles. The van der Waals surface area contributed by atoms with Crippen molar-refractivity contribution in [2.24, 2.45) is 4.99 Å². The van der Waals surface area contributed by atoms with Crippen molar-refractivity contribution in [3.8, 4) is 0 Å². The highest BCUT2D eigenvalue weighted by Gasteiger charge is 1.97. The van der Waals surface area contributed by atoms with Crippen molar-refractivity contribution in [1.29, 1.82) is 0 Å². The van der Waals surface area contributed by atoms with Gasteiger partial charge in [0.15, 0.2) is 5.96 Å². The zero-order chi connectivity index (χ0) is 13.2. The van der Waals surface area contributed by atoms with Gasteiger partial charge in [-0.05, 0) is 30.5 Å². The maximum absolute atomic E-state index is 12.9. The summed E-state index contributed by atoms with van der Waals surface area (Å²) < 4.78 is 12.9. The molecule has 0 spiro atoms. The van der Waals surface area contributed by atoms with Crippen LogP contribution in [-0.4, -0.2) is 26.1 Å². The van der Waals surface area contributed by atoms with E-state index in [0.29, 0.717) is 6.54 Å². The number of hydrogen-bond acceptors (Lipinski definition) is 1. The summed E-state index contributed by atoms with van der Waals surface area (Å²) in [6.07, 6.45) is 3.56. The van der Waals surface area contributed by atoms with Crippen molar-refractivity contribution in [1.82, 2.24) is 10.6 Å². The minimum Gasteiger partial charge on any atom is -0.356 e. The Hall–Kier alpha value is -1.84.